The number of rotatable bonds is 2. The third kappa shape index (κ3) is 2.40. The molecular weight excluding hydrogens is 246 g/mol. The zero-order valence-electron chi connectivity index (χ0n) is 9.44. The first-order valence-electron chi connectivity index (χ1n) is 5.18. The molecular formula is C9H15N3O4S. The first-order chi connectivity index (χ1) is 7.92. The van der Waals surface area contributed by atoms with E-state index in [2.05, 4.69) is 14.1 Å². The van der Waals surface area contributed by atoms with Crippen LogP contribution < -0.4 is 5.32 Å². The van der Waals surface area contributed by atoms with E-state index in [4.69, 9.17) is 4.74 Å². The molecule has 2 heterocycles. The maximum absolute atomic E-state index is 9.95. The number of aliphatic hydroxyl groups is 3. The van der Waals surface area contributed by atoms with Gasteiger partial charge in [-0.25, -0.2) is 0 Å². The van der Waals surface area contributed by atoms with Gasteiger partial charge in [-0.1, -0.05) is 0 Å². The number of ether oxygens (including phenoxy) is 1. The van der Waals surface area contributed by atoms with E-state index < -0.39 is 30.1 Å². The molecule has 1 saturated heterocycles. The van der Waals surface area contributed by atoms with Gasteiger partial charge in [0.05, 0.1) is 23.5 Å². The average Bonchev–Trinajstić information content (AvgIpc) is 2.74. The van der Waals surface area contributed by atoms with E-state index in [1.165, 1.54) is 6.20 Å². The fourth-order valence-corrected chi connectivity index (χ4v) is 2.17. The third-order valence-corrected chi connectivity index (χ3v) is 3.29. The topological polar surface area (TPSA) is 108 Å². The van der Waals surface area contributed by atoms with Crippen molar-refractivity contribution in [2.24, 2.45) is 0 Å². The molecule has 8 heteroatoms. The number of hydrogen-bond acceptors (Lipinski definition) is 8. The highest BCUT2D eigenvalue weighted by molar-refractivity contribution is 6.99. The van der Waals surface area contributed by atoms with Crippen LogP contribution in [0.1, 0.15) is 13.8 Å². The number of hydrogen-bond donors (Lipinski definition) is 4. The van der Waals surface area contributed by atoms with Crippen molar-refractivity contribution in [3.8, 4) is 0 Å². The van der Waals surface area contributed by atoms with Gasteiger partial charge in [0.15, 0.2) is 12.1 Å². The Morgan fingerprint density at radius 1 is 1.41 bits per heavy atom. The molecule has 7 nitrogen and oxygen atoms in total. The Bertz CT molecular complexity index is 372. The summed E-state index contributed by atoms with van der Waals surface area (Å²) in [6.07, 6.45) is -2.02. The van der Waals surface area contributed by atoms with Crippen LogP contribution in [-0.2, 0) is 4.74 Å². The summed E-state index contributed by atoms with van der Waals surface area (Å²) in [6, 6.07) is -0.845. The van der Waals surface area contributed by atoms with Gasteiger partial charge < -0.3 is 25.4 Å². The van der Waals surface area contributed by atoms with Crippen molar-refractivity contribution in [2.75, 3.05) is 5.32 Å². The largest absolute Gasteiger partial charge is 0.388 e. The summed E-state index contributed by atoms with van der Waals surface area (Å²) in [5.74, 6) is 0.425. The van der Waals surface area contributed by atoms with Crippen LogP contribution in [0.15, 0.2) is 6.20 Å². The Morgan fingerprint density at radius 2 is 2.12 bits per heavy atom. The molecule has 2 rings (SSSR count). The fraction of sp³-hybridized carbons (Fsp3) is 0.778. The zero-order valence-corrected chi connectivity index (χ0v) is 10.3. The van der Waals surface area contributed by atoms with E-state index in [0.717, 1.165) is 11.7 Å². The molecule has 1 aromatic rings. The maximum atomic E-state index is 9.95. The highest BCUT2D eigenvalue weighted by Gasteiger charge is 2.48. The summed E-state index contributed by atoms with van der Waals surface area (Å²) in [5.41, 5.74) is -1.00. The van der Waals surface area contributed by atoms with Crippen molar-refractivity contribution in [3.63, 3.8) is 0 Å². The van der Waals surface area contributed by atoms with Crippen LogP contribution in [0.25, 0.3) is 0 Å². The molecule has 0 aromatic carbocycles. The Morgan fingerprint density at radius 3 is 2.71 bits per heavy atom. The van der Waals surface area contributed by atoms with Crippen LogP contribution in [0, 0.1) is 0 Å². The second-order valence-electron chi connectivity index (χ2n) is 4.51. The lowest BCUT2D eigenvalue weighted by atomic mass is 9.88. The Balaban J connectivity index is 2.12. The average molecular weight is 261 g/mol. The molecule has 0 unspecified atom stereocenters. The molecule has 0 bridgehead atoms. The smallest absolute Gasteiger partial charge is 0.178 e. The van der Waals surface area contributed by atoms with Crippen LogP contribution >= 0.6 is 11.7 Å². The lowest BCUT2D eigenvalue weighted by Gasteiger charge is -2.45. The highest BCUT2D eigenvalue weighted by atomic mass is 32.1. The summed E-state index contributed by atoms with van der Waals surface area (Å²) < 4.78 is 12.9. The van der Waals surface area contributed by atoms with Gasteiger partial charge in [-0.2, -0.15) is 8.75 Å². The molecule has 1 aliphatic rings. The van der Waals surface area contributed by atoms with Crippen molar-refractivity contribution in [1.29, 1.82) is 0 Å². The normalized spacial score (nSPS) is 36.8. The van der Waals surface area contributed by atoms with Crippen molar-refractivity contribution in [1.82, 2.24) is 8.75 Å². The van der Waals surface area contributed by atoms with Crippen LogP contribution in [0.2, 0.25) is 0 Å². The minimum Gasteiger partial charge on any atom is -0.388 e. The number of aliphatic hydroxyl groups excluding tert-OH is 3. The number of anilines is 1. The second kappa shape index (κ2) is 4.46. The van der Waals surface area contributed by atoms with Gasteiger partial charge in [0.25, 0.3) is 0 Å². The van der Waals surface area contributed by atoms with Crippen molar-refractivity contribution >= 4 is 17.5 Å². The van der Waals surface area contributed by atoms with Gasteiger partial charge in [-0.15, -0.1) is 0 Å². The summed E-state index contributed by atoms with van der Waals surface area (Å²) in [6.45, 7) is 3.20. The van der Waals surface area contributed by atoms with Crippen molar-refractivity contribution in [2.45, 2.75) is 44.0 Å². The number of aromatic nitrogens is 2. The Labute approximate surface area is 102 Å². The molecule has 1 aromatic heterocycles. The van der Waals surface area contributed by atoms with Crippen molar-refractivity contribution < 1.29 is 20.1 Å². The summed E-state index contributed by atoms with van der Waals surface area (Å²) in [5, 5.41) is 32.4. The van der Waals surface area contributed by atoms with Gasteiger partial charge in [0.1, 0.15) is 18.2 Å². The molecule has 17 heavy (non-hydrogen) atoms. The van der Waals surface area contributed by atoms with E-state index in [9.17, 15) is 15.3 Å². The summed E-state index contributed by atoms with van der Waals surface area (Å²) in [4.78, 5) is 0. The van der Waals surface area contributed by atoms with Gasteiger partial charge in [-0.05, 0) is 13.8 Å². The minimum absolute atomic E-state index is 0.425. The van der Waals surface area contributed by atoms with Crippen LogP contribution in [0.3, 0.4) is 0 Å². The fourth-order valence-electron chi connectivity index (χ4n) is 1.79. The molecule has 4 N–H and O–H groups in total. The second-order valence-corrected chi connectivity index (χ2v) is 5.07. The monoisotopic (exact) mass is 261 g/mol. The molecule has 1 fully saturated rings. The Kier molecular flexibility index (Phi) is 3.32. The van der Waals surface area contributed by atoms with Gasteiger partial charge >= 0.3 is 0 Å². The SMILES string of the molecule is CC1(C)O[C@H](O)[C@H](Nc2cnsn2)[C@@H](O)[C@H]1O. The lowest BCUT2D eigenvalue weighted by Crippen LogP contribution is -2.64. The zero-order chi connectivity index (χ0) is 12.6. The van der Waals surface area contributed by atoms with E-state index >= 15 is 0 Å². The first kappa shape index (κ1) is 12.7. The molecule has 0 radical (unpaired) electrons. The maximum Gasteiger partial charge on any atom is 0.178 e. The Hall–Kier alpha value is -0.800. The van der Waals surface area contributed by atoms with Gasteiger partial charge in [0.2, 0.25) is 0 Å². The minimum atomic E-state index is -1.23. The third-order valence-electron chi connectivity index (χ3n) is 2.81. The van der Waals surface area contributed by atoms with E-state index in [0.29, 0.717) is 5.82 Å². The quantitative estimate of drug-likeness (QED) is 0.550. The molecule has 96 valence electrons. The van der Waals surface area contributed by atoms with Gasteiger partial charge in [-0.3, -0.25) is 0 Å². The predicted octanol–water partition coefficient (Wildman–Crippen LogP) is -0.832. The molecule has 0 saturated carbocycles. The van der Waals surface area contributed by atoms with Crippen molar-refractivity contribution in [3.05, 3.63) is 6.20 Å². The molecule has 4 atom stereocenters. The summed E-state index contributed by atoms with van der Waals surface area (Å²) in [7, 11) is 0. The predicted molar refractivity (Wildman–Crippen MR) is 60.5 cm³/mol. The highest BCUT2D eigenvalue weighted by Crippen LogP contribution is 2.29. The first-order valence-corrected chi connectivity index (χ1v) is 5.91. The van der Waals surface area contributed by atoms with Crippen LogP contribution in [0.4, 0.5) is 5.82 Å². The van der Waals surface area contributed by atoms with Crippen LogP contribution in [0.5, 0.6) is 0 Å². The lowest BCUT2D eigenvalue weighted by molar-refractivity contribution is -0.273. The van der Waals surface area contributed by atoms with Crippen LogP contribution in [-0.4, -0.2) is 54.2 Å². The molecule has 0 aliphatic carbocycles. The van der Waals surface area contributed by atoms with E-state index in [1.54, 1.807) is 13.8 Å². The van der Waals surface area contributed by atoms with Gasteiger partial charge in [0, 0.05) is 0 Å². The summed E-state index contributed by atoms with van der Waals surface area (Å²) >= 11 is 1.00. The van der Waals surface area contributed by atoms with E-state index in [-0.39, 0.29) is 0 Å². The number of nitrogens with zero attached hydrogens (tertiary/aromatic N) is 2. The number of nitrogens with one attached hydrogen (secondary N) is 1. The van der Waals surface area contributed by atoms with E-state index in [1.807, 2.05) is 0 Å². The molecule has 1 aliphatic heterocycles. The standard InChI is InChI=1S/C9H15N3O4S/c1-9(2)7(14)6(13)5(8(15)16-9)11-4-3-10-17-12-4/h3,5-8,13-15H,1-2H3,(H,11,12)/t5-,6-,7-,8+/m1/s1. The molecule has 0 spiro atoms. The molecule has 0 amide bonds.